The highest BCUT2D eigenvalue weighted by Gasteiger charge is 2.14. The van der Waals surface area contributed by atoms with E-state index in [9.17, 15) is 4.79 Å². The van der Waals surface area contributed by atoms with Crippen LogP contribution in [0.5, 0.6) is 0 Å². The third kappa shape index (κ3) is 10.3. The molecule has 2 heteroatoms. The molecule has 102 valence electrons. The minimum absolute atomic E-state index is 0.311. The number of carbonyl (C=O) groups is 1. The molecule has 0 rings (SSSR count). The first-order valence-electron chi connectivity index (χ1n) is 7.11. The van der Waals surface area contributed by atoms with Gasteiger partial charge >= 0.3 is 0 Å². The molecule has 0 aromatic heterocycles. The highest BCUT2D eigenvalue weighted by atomic mass is 16.2. The zero-order chi connectivity index (χ0) is 13.3. The van der Waals surface area contributed by atoms with Crippen molar-refractivity contribution in [2.45, 2.75) is 72.6 Å². The molecule has 0 aromatic carbocycles. The van der Waals surface area contributed by atoms with Gasteiger partial charge in [-0.2, -0.15) is 0 Å². The van der Waals surface area contributed by atoms with Crippen molar-refractivity contribution in [3.8, 4) is 0 Å². The summed E-state index contributed by atoms with van der Waals surface area (Å²) in [6, 6.07) is 0. The molecule has 0 bridgehead atoms. The van der Waals surface area contributed by atoms with Crippen LogP contribution in [0.4, 0.5) is 0 Å². The molecule has 0 atom stereocenters. The van der Waals surface area contributed by atoms with Crippen LogP contribution in [-0.2, 0) is 4.79 Å². The van der Waals surface area contributed by atoms with E-state index >= 15 is 0 Å². The maximum absolute atomic E-state index is 11.8. The van der Waals surface area contributed by atoms with Crippen molar-refractivity contribution in [2.24, 2.45) is 5.41 Å². The van der Waals surface area contributed by atoms with Crippen LogP contribution in [0.1, 0.15) is 72.6 Å². The van der Waals surface area contributed by atoms with Crippen molar-refractivity contribution in [1.29, 1.82) is 0 Å². The molecule has 0 radical (unpaired) electrons. The highest BCUT2D eigenvalue weighted by molar-refractivity contribution is 5.75. The number of carbonyl (C=O) groups excluding carboxylic acids is 1. The Labute approximate surface area is 108 Å². The van der Waals surface area contributed by atoms with Crippen LogP contribution >= 0.6 is 0 Å². The first-order chi connectivity index (χ1) is 7.87. The van der Waals surface area contributed by atoms with Gasteiger partial charge in [-0.1, -0.05) is 53.4 Å². The van der Waals surface area contributed by atoms with Crippen molar-refractivity contribution < 1.29 is 4.79 Å². The van der Waals surface area contributed by atoms with Crippen LogP contribution in [0, 0.1) is 5.41 Å². The lowest BCUT2D eigenvalue weighted by Crippen LogP contribution is -2.29. The average molecular weight is 241 g/mol. The van der Waals surface area contributed by atoms with Gasteiger partial charge in [-0.3, -0.25) is 4.79 Å². The molecule has 0 N–H and O–H groups in total. The van der Waals surface area contributed by atoms with E-state index in [0.717, 1.165) is 25.8 Å². The SMILES string of the molecule is CCCCCCCC(=O)N(C)CCC(C)(C)C. The van der Waals surface area contributed by atoms with E-state index in [4.69, 9.17) is 0 Å². The molecular formula is C15H31NO. The van der Waals surface area contributed by atoms with Crippen molar-refractivity contribution in [3.05, 3.63) is 0 Å². The molecule has 1 amide bonds. The van der Waals surface area contributed by atoms with Gasteiger partial charge in [0.15, 0.2) is 0 Å². The van der Waals surface area contributed by atoms with Crippen LogP contribution in [0.25, 0.3) is 0 Å². The maximum atomic E-state index is 11.8. The summed E-state index contributed by atoms with van der Waals surface area (Å²) in [5.74, 6) is 0.311. The van der Waals surface area contributed by atoms with Crippen LogP contribution in [0.15, 0.2) is 0 Å². The van der Waals surface area contributed by atoms with E-state index in [0.29, 0.717) is 11.3 Å². The van der Waals surface area contributed by atoms with E-state index in [1.54, 1.807) is 0 Å². The van der Waals surface area contributed by atoms with Crippen molar-refractivity contribution in [2.75, 3.05) is 13.6 Å². The molecule has 0 aromatic rings. The predicted molar refractivity (Wildman–Crippen MR) is 75.1 cm³/mol. The Bertz CT molecular complexity index is 205. The Morgan fingerprint density at radius 1 is 1.06 bits per heavy atom. The second-order valence-corrected chi connectivity index (χ2v) is 6.29. The Morgan fingerprint density at radius 3 is 2.18 bits per heavy atom. The summed E-state index contributed by atoms with van der Waals surface area (Å²) >= 11 is 0. The molecule has 0 saturated heterocycles. The lowest BCUT2D eigenvalue weighted by molar-refractivity contribution is -0.130. The van der Waals surface area contributed by atoms with Gasteiger partial charge in [0.1, 0.15) is 0 Å². The van der Waals surface area contributed by atoms with Gasteiger partial charge in [0, 0.05) is 20.0 Å². The fraction of sp³-hybridized carbons (Fsp3) is 0.933. The van der Waals surface area contributed by atoms with Crippen LogP contribution in [0.2, 0.25) is 0 Å². The lowest BCUT2D eigenvalue weighted by Gasteiger charge is -2.23. The normalized spacial score (nSPS) is 11.6. The summed E-state index contributed by atoms with van der Waals surface area (Å²) in [6.45, 7) is 9.75. The fourth-order valence-corrected chi connectivity index (χ4v) is 1.70. The van der Waals surface area contributed by atoms with Crippen molar-refractivity contribution in [3.63, 3.8) is 0 Å². The first kappa shape index (κ1) is 16.5. The first-order valence-corrected chi connectivity index (χ1v) is 7.11. The monoisotopic (exact) mass is 241 g/mol. The second-order valence-electron chi connectivity index (χ2n) is 6.29. The second kappa shape index (κ2) is 8.54. The van der Waals surface area contributed by atoms with E-state index in [1.807, 2.05) is 11.9 Å². The summed E-state index contributed by atoms with van der Waals surface area (Å²) in [5, 5.41) is 0. The van der Waals surface area contributed by atoms with E-state index in [2.05, 4.69) is 27.7 Å². The summed E-state index contributed by atoms with van der Waals surface area (Å²) in [4.78, 5) is 13.7. The average Bonchev–Trinajstić information content (AvgIpc) is 2.24. The predicted octanol–water partition coefficient (Wildman–Crippen LogP) is 4.24. The van der Waals surface area contributed by atoms with E-state index < -0.39 is 0 Å². The van der Waals surface area contributed by atoms with Gasteiger partial charge in [-0.25, -0.2) is 0 Å². The molecule has 17 heavy (non-hydrogen) atoms. The summed E-state index contributed by atoms with van der Waals surface area (Å²) in [5.41, 5.74) is 0.315. The van der Waals surface area contributed by atoms with Gasteiger partial charge in [0.2, 0.25) is 5.91 Å². The number of rotatable bonds is 8. The lowest BCUT2D eigenvalue weighted by atomic mass is 9.92. The Kier molecular flexibility index (Phi) is 8.28. The van der Waals surface area contributed by atoms with Crippen LogP contribution in [-0.4, -0.2) is 24.4 Å². The molecule has 0 fully saturated rings. The molecule has 0 spiro atoms. The largest absolute Gasteiger partial charge is 0.346 e. The third-order valence-corrected chi connectivity index (χ3v) is 3.12. The minimum Gasteiger partial charge on any atom is -0.346 e. The standard InChI is InChI=1S/C15H31NO/c1-6-7-8-9-10-11-14(17)16(5)13-12-15(2,3)4/h6-13H2,1-5H3. The highest BCUT2D eigenvalue weighted by Crippen LogP contribution is 2.18. The summed E-state index contributed by atoms with van der Waals surface area (Å²) < 4.78 is 0. The number of hydrogen-bond acceptors (Lipinski definition) is 1. The Morgan fingerprint density at radius 2 is 1.65 bits per heavy atom. The zero-order valence-corrected chi connectivity index (χ0v) is 12.5. The Balaban J connectivity index is 3.61. The van der Waals surface area contributed by atoms with E-state index in [-0.39, 0.29) is 0 Å². The van der Waals surface area contributed by atoms with Gasteiger partial charge in [0.05, 0.1) is 0 Å². The number of nitrogens with zero attached hydrogens (tertiary/aromatic N) is 1. The maximum Gasteiger partial charge on any atom is 0.222 e. The van der Waals surface area contributed by atoms with Crippen molar-refractivity contribution in [1.82, 2.24) is 4.90 Å². The van der Waals surface area contributed by atoms with Crippen LogP contribution in [0.3, 0.4) is 0 Å². The topological polar surface area (TPSA) is 20.3 Å². The number of unbranched alkanes of at least 4 members (excludes halogenated alkanes) is 4. The molecule has 0 saturated carbocycles. The zero-order valence-electron chi connectivity index (χ0n) is 12.5. The van der Waals surface area contributed by atoms with Gasteiger partial charge in [0.25, 0.3) is 0 Å². The molecule has 0 aliphatic carbocycles. The molecule has 0 unspecified atom stereocenters. The van der Waals surface area contributed by atoms with E-state index in [1.165, 1.54) is 25.7 Å². The minimum atomic E-state index is 0.311. The molecule has 0 aliphatic rings. The molecule has 0 aliphatic heterocycles. The van der Waals surface area contributed by atoms with Gasteiger partial charge in [-0.15, -0.1) is 0 Å². The van der Waals surface area contributed by atoms with Crippen LogP contribution < -0.4 is 0 Å². The molecule has 0 heterocycles. The van der Waals surface area contributed by atoms with Gasteiger partial charge < -0.3 is 4.90 Å². The summed E-state index contributed by atoms with van der Waals surface area (Å²) in [6.07, 6.45) is 7.89. The van der Waals surface area contributed by atoms with Crippen molar-refractivity contribution >= 4 is 5.91 Å². The smallest absolute Gasteiger partial charge is 0.222 e. The molecular weight excluding hydrogens is 210 g/mol. The molecule has 2 nitrogen and oxygen atoms in total. The van der Waals surface area contributed by atoms with Gasteiger partial charge in [-0.05, 0) is 18.3 Å². The summed E-state index contributed by atoms with van der Waals surface area (Å²) in [7, 11) is 1.93. The number of hydrogen-bond donors (Lipinski definition) is 0. The quantitative estimate of drug-likeness (QED) is 0.582. The number of amides is 1. The Hall–Kier alpha value is -0.530. The fourth-order valence-electron chi connectivity index (χ4n) is 1.70. The third-order valence-electron chi connectivity index (χ3n) is 3.12.